The van der Waals surface area contributed by atoms with Crippen LogP contribution in [0.25, 0.3) is 11.8 Å². The van der Waals surface area contributed by atoms with Crippen LogP contribution in [0.2, 0.25) is 5.02 Å². The summed E-state index contributed by atoms with van der Waals surface area (Å²) in [5, 5.41) is 16.5. The van der Waals surface area contributed by atoms with Gasteiger partial charge in [0, 0.05) is 22.1 Å². The molecule has 30 heavy (non-hydrogen) atoms. The van der Waals surface area contributed by atoms with Crippen LogP contribution < -0.4 is 0 Å². The second-order valence-electron chi connectivity index (χ2n) is 7.31. The van der Waals surface area contributed by atoms with E-state index in [1.54, 1.807) is 6.08 Å². The Balaban J connectivity index is 1.75. The topological polar surface area (TPSA) is 73.8 Å². The molecule has 1 amide bonds. The molecule has 1 aromatic carbocycles. The van der Waals surface area contributed by atoms with E-state index >= 15 is 0 Å². The van der Waals surface area contributed by atoms with Gasteiger partial charge in [-0.3, -0.25) is 10.2 Å². The molecule has 0 aliphatic carbocycles. The number of halogens is 1. The van der Waals surface area contributed by atoms with Gasteiger partial charge in [0.05, 0.1) is 5.57 Å². The summed E-state index contributed by atoms with van der Waals surface area (Å²) in [5.74, 6) is -0.345. The maximum Gasteiger partial charge on any atom is 0.283 e. The van der Waals surface area contributed by atoms with Crippen LogP contribution in [0.1, 0.15) is 42.3 Å². The van der Waals surface area contributed by atoms with Gasteiger partial charge in [0.2, 0.25) is 5.17 Å². The summed E-state index contributed by atoms with van der Waals surface area (Å²) < 4.78 is 2.11. The number of nitrogens with zero attached hydrogens (tertiary/aromatic N) is 4. The molecule has 0 spiro atoms. The number of amidine groups is 2. The third-order valence-corrected chi connectivity index (χ3v) is 6.59. The minimum Gasteiger partial charge on any atom is -0.318 e. The zero-order valence-corrected chi connectivity index (χ0v) is 18.9. The Bertz CT molecular complexity index is 1170. The van der Waals surface area contributed by atoms with E-state index in [0.29, 0.717) is 10.2 Å². The van der Waals surface area contributed by atoms with Crippen molar-refractivity contribution in [3.8, 4) is 5.69 Å². The molecule has 0 saturated heterocycles. The van der Waals surface area contributed by atoms with E-state index in [4.69, 9.17) is 17.0 Å². The molecule has 1 aromatic heterocycles. The lowest BCUT2D eigenvalue weighted by molar-refractivity contribution is -0.114. The highest BCUT2D eigenvalue weighted by atomic mass is 35.5. The molecule has 0 unspecified atom stereocenters. The first-order valence-corrected chi connectivity index (χ1v) is 10.9. The van der Waals surface area contributed by atoms with Crippen molar-refractivity contribution in [2.24, 2.45) is 10.1 Å². The zero-order valence-electron chi connectivity index (χ0n) is 17.3. The summed E-state index contributed by atoms with van der Waals surface area (Å²) in [6, 6.07) is 7.83. The Morgan fingerprint density at radius 1 is 1.27 bits per heavy atom. The lowest BCUT2D eigenvalue weighted by Crippen LogP contribution is -2.35. The zero-order chi connectivity index (χ0) is 21.6. The van der Waals surface area contributed by atoms with Crippen molar-refractivity contribution in [1.29, 1.82) is 5.41 Å². The molecular weight excluding hydrogens is 418 g/mol. The Morgan fingerprint density at radius 2 is 2.03 bits per heavy atom. The Hall–Kier alpha value is -2.64. The predicted octanol–water partition coefficient (Wildman–Crippen LogP) is 5.48. The first kappa shape index (κ1) is 20.6. The Kier molecular flexibility index (Phi) is 5.42. The van der Waals surface area contributed by atoms with Crippen molar-refractivity contribution in [1.82, 2.24) is 9.58 Å². The van der Waals surface area contributed by atoms with Gasteiger partial charge in [-0.15, -0.1) is 0 Å². The normalized spacial score (nSPS) is 17.5. The second-order valence-corrected chi connectivity index (χ2v) is 8.76. The number of amides is 1. The monoisotopic (exact) mass is 439 g/mol. The molecule has 2 aliphatic rings. The van der Waals surface area contributed by atoms with Gasteiger partial charge in [0.15, 0.2) is 5.84 Å². The smallest absolute Gasteiger partial charge is 0.283 e. The summed E-state index contributed by atoms with van der Waals surface area (Å²) in [4.78, 5) is 16.8. The van der Waals surface area contributed by atoms with Gasteiger partial charge in [-0.25, -0.2) is 0 Å². The molecule has 0 atom stereocenters. The van der Waals surface area contributed by atoms with E-state index in [0.717, 1.165) is 46.1 Å². The van der Waals surface area contributed by atoms with Crippen molar-refractivity contribution < 1.29 is 4.79 Å². The van der Waals surface area contributed by atoms with Gasteiger partial charge in [0.25, 0.3) is 5.91 Å². The van der Waals surface area contributed by atoms with Crippen molar-refractivity contribution in [2.45, 2.75) is 40.5 Å². The molecule has 8 heteroatoms. The maximum atomic E-state index is 12.7. The van der Waals surface area contributed by atoms with Crippen molar-refractivity contribution in [3.63, 3.8) is 0 Å². The van der Waals surface area contributed by atoms with Crippen LogP contribution in [0.5, 0.6) is 0 Å². The van der Waals surface area contributed by atoms with Gasteiger partial charge in [0.1, 0.15) is 5.04 Å². The Labute approximate surface area is 184 Å². The third-order valence-electron chi connectivity index (χ3n) is 5.21. The van der Waals surface area contributed by atoms with E-state index < -0.39 is 5.91 Å². The molecule has 6 nitrogen and oxygen atoms in total. The Morgan fingerprint density at radius 3 is 2.77 bits per heavy atom. The third kappa shape index (κ3) is 3.42. The van der Waals surface area contributed by atoms with E-state index in [1.165, 1.54) is 16.8 Å². The number of hydrogen-bond acceptors (Lipinski definition) is 4. The summed E-state index contributed by atoms with van der Waals surface area (Å²) in [5.41, 5.74) is 5.07. The number of benzene rings is 1. The van der Waals surface area contributed by atoms with Crippen LogP contribution in [0.4, 0.5) is 0 Å². The van der Waals surface area contributed by atoms with Gasteiger partial charge in [-0.2, -0.15) is 15.1 Å². The van der Waals surface area contributed by atoms with Crippen LogP contribution in [0.3, 0.4) is 0 Å². The fourth-order valence-corrected chi connectivity index (χ4v) is 4.80. The molecular formula is C22H22ClN5OS. The molecule has 0 saturated carbocycles. The number of carbonyl (C=O) groups excluding carboxylic acids is 1. The van der Waals surface area contributed by atoms with Gasteiger partial charge in [-0.05, 0) is 80.8 Å². The van der Waals surface area contributed by atoms with Crippen LogP contribution >= 0.6 is 23.4 Å². The number of fused-ring (bicyclic) bond motifs is 1. The SMILES string of the molecule is CCCC1=NN2C(=N)/C(=C/c3cc(C)n(-c4cccc(Cl)c4C)c3C)C(=O)N=C2S1. The summed E-state index contributed by atoms with van der Waals surface area (Å²) >= 11 is 7.69. The lowest BCUT2D eigenvalue weighted by Gasteiger charge is -2.20. The van der Waals surface area contributed by atoms with Crippen LogP contribution in [0.15, 0.2) is 39.9 Å². The number of aryl methyl sites for hydroxylation is 1. The average molecular weight is 440 g/mol. The second kappa shape index (κ2) is 7.89. The maximum absolute atomic E-state index is 12.7. The largest absolute Gasteiger partial charge is 0.318 e. The number of carbonyl (C=O) groups is 1. The van der Waals surface area contributed by atoms with Crippen molar-refractivity contribution >= 4 is 51.4 Å². The quantitative estimate of drug-likeness (QED) is 0.641. The van der Waals surface area contributed by atoms with E-state index in [1.807, 2.05) is 45.0 Å². The highest BCUT2D eigenvalue weighted by Crippen LogP contribution is 2.32. The number of hydrogen-bond donors (Lipinski definition) is 1. The van der Waals surface area contributed by atoms with Gasteiger partial charge in [-0.1, -0.05) is 24.6 Å². The molecule has 0 bridgehead atoms. The number of rotatable bonds is 4. The predicted molar refractivity (Wildman–Crippen MR) is 125 cm³/mol. The van der Waals surface area contributed by atoms with E-state index in [9.17, 15) is 4.79 Å². The molecule has 0 radical (unpaired) electrons. The molecule has 1 N–H and O–H groups in total. The average Bonchev–Trinajstić information content (AvgIpc) is 3.22. The standard InChI is InChI=1S/C22H22ClN5OS/c1-5-7-19-26-28-20(24)16(21(29)25-22(28)30-19)11-15-10-12(2)27(14(15)4)18-9-6-8-17(23)13(18)3/h6,8-11,24H,5,7H2,1-4H3/b16-11-,24-20?. The first-order chi connectivity index (χ1) is 14.3. The molecule has 154 valence electrons. The molecule has 2 aliphatic heterocycles. The number of thioether (sulfide) groups is 1. The van der Waals surface area contributed by atoms with Crippen molar-refractivity contribution in [2.75, 3.05) is 0 Å². The molecule has 3 heterocycles. The fourth-order valence-electron chi connectivity index (χ4n) is 3.64. The molecule has 4 rings (SSSR count). The molecule has 2 aromatic rings. The fraction of sp³-hybridized carbons (Fsp3) is 0.273. The van der Waals surface area contributed by atoms with Gasteiger partial charge < -0.3 is 4.57 Å². The minimum atomic E-state index is -0.407. The highest BCUT2D eigenvalue weighted by Gasteiger charge is 2.35. The highest BCUT2D eigenvalue weighted by molar-refractivity contribution is 8.26. The van der Waals surface area contributed by atoms with E-state index in [2.05, 4.69) is 21.6 Å². The van der Waals surface area contributed by atoms with Crippen LogP contribution in [-0.2, 0) is 4.79 Å². The minimum absolute atomic E-state index is 0.0624. The summed E-state index contributed by atoms with van der Waals surface area (Å²) in [7, 11) is 0. The van der Waals surface area contributed by atoms with E-state index in [-0.39, 0.29) is 11.4 Å². The molecule has 0 fully saturated rings. The first-order valence-electron chi connectivity index (χ1n) is 9.75. The summed E-state index contributed by atoms with van der Waals surface area (Å²) in [6.45, 7) is 8.07. The van der Waals surface area contributed by atoms with Crippen LogP contribution in [0, 0.1) is 26.2 Å². The number of hydrazone groups is 1. The summed E-state index contributed by atoms with van der Waals surface area (Å²) in [6.07, 6.45) is 3.49. The number of aromatic nitrogens is 1. The number of nitrogens with one attached hydrogen (secondary N) is 1. The number of aliphatic imine (C=N–C) groups is 1. The lowest BCUT2D eigenvalue weighted by atomic mass is 10.1. The van der Waals surface area contributed by atoms with Gasteiger partial charge >= 0.3 is 0 Å². The van der Waals surface area contributed by atoms with Crippen molar-refractivity contribution in [3.05, 3.63) is 57.4 Å². The van der Waals surface area contributed by atoms with Crippen LogP contribution in [-0.4, -0.2) is 31.5 Å².